The smallest absolute Gasteiger partial charge is 0.351 e. The first-order chi connectivity index (χ1) is 16.1. The fraction of sp³-hybridized carbons (Fsp3) is 0.556. The van der Waals surface area contributed by atoms with Crippen molar-refractivity contribution in [3.63, 3.8) is 0 Å². The van der Waals surface area contributed by atoms with Crippen LogP contribution >= 0.6 is 0 Å². The van der Waals surface area contributed by atoms with Crippen molar-refractivity contribution in [3.05, 3.63) is 45.5 Å². The van der Waals surface area contributed by atoms with Gasteiger partial charge in [0.25, 0.3) is 0 Å². The van der Waals surface area contributed by atoms with Gasteiger partial charge in [0.1, 0.15) is 36.1 Å². The zero-order valence-electron chi connectivity index (χ0n) is 17.5. The average molecular weight is 490 g/mol. The number of rotatable bonds is 4. The Kier molecular flexibility index (Phi) is 7.90. The number of aromatic nitrogens is 4. The number of nitrogens with zero attached hydrogens (tertiary/aromatic N) is 4. The topological polar surface area (TPSA) is 221 Å². The number of nitrogens with two attached hydrogens (primary N) is 2. The molecule has 0 bridgehead atoms. The van der Waals surface area contributed by atoms with Gasteiger partial charge < -0.3 is 41.4 Å². The van der Waals surface area contributed by atoms with Gasteiger partial charge in [0.05, 0.1) is 13.2 Å². The molecule has 0 aliphatic carbocycles. The van der Waals surface area contributed by atoms with Crippen LogP contribution in [0.15, 0.2) is 34.1 Å². The van der Waals surface area contributed by atoms with E-state index >= 15 is 0 Å². The molecule has 4 heterocycles. The van der Waals surface area contributed by atoms with E-state index in [2.05, 4.69) is 9.97 Å². The van der Waals surface area contributed by atoms with Gasteiger partial charge >= 0.3 is 11.4 Å². The van der Waals surface area contributed by atoms with Gasteiger partial charge in [-0.25, -0.2) is 18.4 Å². The van der Waals surface area contributed by atoms with Gasteiger partial charge in [0.2, 0.25) is 0 Å². The van der Waals surface area contributed by atoms with E-state index in [9.17, 15) is 28.6 Å². The summed E-state index contributed by atoms with van der Waals surface area (Å²) in [5, 5.41) is 36.5. The molecule has 14 nitrogen and oxygen atoms in total. The Labute approximate surface area is 189 Å². The first-order valence-corrected chi connectivity index (χ1v) is 9.95. The molecule has 2 saturated heterocycles. The van der Waals surface area contributed by atoms with E-state index in [0.29, 0.717) is 0 Å². The van der Waals surface area contributed by atoms with Gasteiger partial charge in [-0.05, 0) is 12.1 Å². The van der Waals surface area contributed by atoms with E-state index in [-0.39, 0.29) is 11.6 Å². The number of nitrogen functional groups attached to an aromatic ring is 2. The lowest BCUT2D eigenvalue weighted by atomic mass is 10.1. The molecule has 0 amide bonds. The van der Waals surface area contributed by atoms with Gasteiger partial charge in [-0.15, -0.1) is 0 Å². The largest absolute Gasteiger partial charge is 0.394 e. The summed E-state index contributed by atoms with van der Waals surface area (Å²) < 4.78 is 39.2. The van der Waals surface area contributed by atoms with Crippen molar-refractivity contribution in [3.8, 4) is 0 Å². The Hall–Kier alpha value is -3.02. The highest BCUT2D eigenvalue weighted by Gasteiger charge is 2.46. The van der Waals surface area contributed by atoms with Crippen molar-refractivity contribution in [1.29, 1.82) is 0 Å². The van der Waals surface area contributed by atoms with E-state index in [1.165, 1.54) is 24.5 Å². The molecular weight excluding hydrogens is 466 g/mol. The Morgan fingerprint density at radius 3 is 1.44 bits per heavy atom. The van der Waals surface area contributed by atoms with Crippen LogP contribution in [0.25, 0.3) is 0 Å². The maximum atomic E-state index is 13.7. The molecule has 0 spiro atoms. The van der Waals surface area contributed by atoms with E-state index in [1.54, 1.807) is 0 Å². The molecule has 4 rings (SSSR count). The predicted molar refractivity (Wildman–Crippen MR) is 110 cm³/mol. The highest BCUT2D eigenvalue weighted by Crippen LogP contribution is 2.31. The summed E-state index contributed by atoms with van der Waals surface area (Å²) in [6, 6.07) is 2.63. The maximum absolute atomic E-state index is 13.7. The van der Waals surface area contributed by atoms with E-state index in [1.807, 2.05) is 0 Å². The van der Waals surface area contributed by atoms with E-state index in [0.717, 1.165) is 9.13 Å². The standard InChI is InChI=1S/2C9H12FN3O4/c2*10-6-7(15)4(3-14)17-8(6)13-2-1-5(11)12-9(13)16/h2*1-2,4,6-8,14-15H,3H2,(H2,11,12,16)/t2*4-,6-,7-,8-/m11/s1. The number of aliphatic hydroxyl groups excluding tert-OH is 4. The number of anilines is 2. The molecule has 2 aromatic heterocycles. The van der Waals surface area contributed by atoms with Gasteiger partial charge in [-0.3, -0.25) is 9.13 Å². The molecule has 2 aromatic rings. The molecule has 0 aromatic carbocycles. The summed E-state index contributed by atoms with van der Waals surface area (Å²) in [7, 11) is 0. The van der Waals surface area contributed by atoms with Crippen LogP contribution in [-0.2, 0) is 9.47 Å². The van der Waals surface area contributed by atoms with Crippen molar-refractivity contribution in [2.45, 2.75) is 49.2 Å². The Morgan fingerprint density at radius 1 is 0.824 bits per heavy atom. The first-order valence-electron chi connectivity index (χ1n) is 9.95. The second kappa shape index (κ2) is 10.5. The molecule has 0 saturated carbocycles. The Bertz CT molecular complexity index is 1020. The van der Waals surface area contributed by atoms with Crippen LogP contribution < -0.4 is 22.8 Å². The lowest BCUT2D eigenvalue weighted by Crippen LogP contribution is -2.33. The normalized spacial score (nSPS) is 32.9. The summed E-state index contributed by atoms with van der Waals surface area (Å²) in [5.74, 6) is 0.0258. The lowest BCUT2D eigenvalue weighted by Gasteiger charge is -2.15. The number of hydrogen-bond acceptors (Lipinski definition) is 12. The molecular formula is C18H24F2N6O8. The summed E-state index contributed by atoms with van der Waals surface area (Å²) in [5.41, 5.74) is 9.04. The van der Waals surface area contributed by atoms with Crippen LogP contribution in [0.5, 0.6) is 0 Å². The van der Waals surface area contributed by atoms with Gasteiger partial charge in [-0.1, -0.05) is 0 Å². The zero-order valence-corrected chi connectivity index (χ0v) is 17.5. The van der Waals surface area contributed by atoms with Crippen LogP contribution in [0, 0.1) is 0 Å². The monoisotopic (exact) mass is 490 g/mol. The highest BCUT2D eigenvalue weighted by molar-refractivity contribution is 5.24. The Balaban J connectivity index is 0.000000191. The van der Waals surface area contributed by atoms with Crippen LogP contribution in [0.2, 0.25) is 0 Å². The molecule has 8 N–H and O–H groups in total. The number of halogens is 2. The fourth-order valence-electron chi connectivity index (χ4n) is 3.40. The molecule has 2 aliphatic heterocycles. The molecule has 188 valence electrons. The minimum absolute atomic E-state index is 0.0129. The zero-order chi connectivity index (χ0) is 25.2. The molecule has 0 unspecified atom stereocenters. The number of ether oxygens (including phenoxy) is 2. The van der Waals surface area contributed by atoms with Gasteiger partial charge in [0.15, 0.2) is 24.8 Å². The van der Waals surface area contributed by atoms with Crippen LogP contribution in [0.3, 0.4) is 0 Å². The summed E-state index contributed by atoms with van der Waals surface area (Å²) in [6.07, 6.45) is -8.83. The quantitative estimate of drug-likeness (QED) is 0.250. The maximum Gasteiger partial charge on any atom is 0.351 e. The number of hydrogen-bond donors (Lipinski definition) is 6. The third kappa shape index (κ3) is 5.06. The summed E-state index contributed by atoms with van der Waals surface area (Å²) in [4.78, 5) is 29.8. The third-order valence-electron chi connectivity index (χ3n) is 5.20. The van der Waals surface area contributed by atoms with Gasteiger partial charge in [0, 0.05) is 12.4 Å². The first kappa shape index (κ1) is 25.6. The summed E-state index contributed by atoms with van der Waals surface area (Å²) in [6.45, 7) is -1.07. The third-order valence-corrected chi connectivity index (χ3v) is 5.20. The molecule has 8 atom stereocenters. The molecule has 2 fully saturated rings. The van der Waals surface area contributed by atoms with Crippen molar-refractivity contribution in [2.24, 2.45) is 0 Å². The SMILES string of the molecule is Nc1ccn([C@@H]2O[C@H](CO)[C@@H](O)[C@H]2F)c(=O)n1.Nc1ccn([C@@H]2O[C@H](CO)[C@@H](O)[C@H]2F)c(=O)n1. The van der Waals surface area contributed by atoms with E-state index in [4.69, 9.17) is 31.2 Å². The van der Waals surface area contributed by atoms with E-state index < -0.39 is 73.8 Å². The molecule has 34 heavy (non-hydrogen) atoms. The molecule has 16 heteroatoms. The van der Waals surface area contributed by atoms with Crippen LogP contribution in [0.4, 0.5) is 20.4 Å². The Morgan fingerprint density at radius 2 is 1.18 bits per heavy atom. The minimum atomic E-state index is -1.81. The average Bonchev–Trinajstić information content (AvgIpc) is 3.24. The van der Waals surface area contributed by atoms with Crippen molar-refractivity contribution in [2.75, 3.05) is 24.7 Å². The van der Waals surface area contributed by atoms with Crippen LogP contribution in [0.1, 0.15) is 12.5 Å². The van der Waals surface area contributed by atoms with Gasteiger partial charge in [-0.2, -0.15) is 9.97 Å². The second-order valence-corrected chi connectivity index (χ2v) is 7.45. The van der Waals surface area contributed by atoms with Crippen molar-refractivity contribution >= 4 is 11.6 Å². The minimum Gasteiger partial charge on any atom is -0.394 e. The number of alkyl halides is 2. The fourth-order valence-corrected chi connectivity index (χ4v) is 3.40. The van der Waals surface area contributed by atoms with Crippen molar-refractivity contribution in [1.82, 2.24) is 19.1 Å². The highest BCUT2D eigenvalue weighted by atomic mass is 19.1. The van der Waals surface area contributed by atoms with Crippen LogP contribution in [-0.4, -0.2) is 89.5 Å². The number of aliphatic hydroxyl groups is 4. The lowest BCUT2D eigenvalue weighted by molar-refractivity contribution is -0.0490. The predicted octanol–water partition coefficient (Wildman–Crippen LogP) is -3.17. The molecule has 2 aliphatic rings. The second-order valence-electron chi connectivity index (χ2n) is 7.45. The molecule has 0 radical (unpaired) electrons. The van der Waals surface area contributed by atoms with Crippen molar-refractivity contribution < 1.29 is 38.7 Å². The summed E-state index contributed by atoms with van der Waals surface area (Å²) >= 11 is 0.